The maximum absolute atomic E-state index is 14.2. The molecule has 3 aromatic rings. The van der Waals surface area contributed by atoms with Crippen LogP contribution in [0.4, 0.5) is 5.69 Å². The molecular weight excluding hydrogens is 644 g/mol. The number of methoxy groups -OCH3 is 2. The highest BCUT2D eigenvalue weighted by Gasteiger charge is 2.43. The summed E-state index contributed by atoms with van der Waals surface area (Å²) < 4.78 is 58.7. The Kier molecular flexibility index (Phi) is 13.5. The first kappa shape index (κ1) is 37.2. The standard InChI is InChI=1S/C38H52N2O8S/c1-28-6-13-34(14-7-28)49(42,43)40-25-38(48-27-31-10-15-37-36(23-31)39(17-19-47-37)16-5-18-44-3)35(24-33(40)22-29(2)41)32-11-8-30(9-12-32)26-46-21-20-45-4/h6-15,23,29,33,35,38,41H,5,16-22,24-27H2,1-4H3/t29?,33-,35-,38+/m1/s1. The van der Waals surface area contributed by atoms with Crippen molar-refractivity contribution in [2.75, 3.05) is 65.2 Å². The largest absolute Gasteiger partial charge is 0.490 e. The Labute approximate surface area is 291 Å². The van der Waals surface area contributed by atoms with Gasteiger partial charge in [0.1, 0.15) is 12.4 Å². The van der Waals surface area contributed by atoms with Gasteiger partial charge in [-0.15, -0.1) is 0 Å². The van der Waals surface area contributed by atoms with Crippen LogP contribution in [0.3, 0.4) is 0 Å². The lowest BCUT2D eigenvalue weighted by Gasteiger charge is -2.44. The number of aliphatic hydroxyl groups excluding tert-OH is 1. The summed E-state index contributed by atoms with van der Waals surface area (Å²) in [6.07, 6.45) is 0.644. The van der Waals surface area contributed by atoms with Crippen molar-refractivity contribution in [2.24, 2.45) is 0 Å². The van der Waals surface area contributed by atoms with Gasteiger partial charge in [-0.1, -0.05) is 48.0 Å². The Hall–Kier alpha value is -3.03. The third-order valence-electron chi connectivity index (χ3n) is 9.31. The molecule has 2 aliphatic heterocycles. The van der Waals surface area contributed by atoms with Crippen LogP contribution in [0.25, 0.3) is 0 Å². The second-order valence-corrected chi connectivity index (χ2v) is 15.0. The number of aliphatic hydroxyl groups is 1. The summed E-state index contributed by atoms with van der Waals surface area (Å²) in [5.41, 5.74) is 5.12. The Morgan fingerprint density at radius 1 is 0.939 bits per heavy atom. The van der Waals surface area contributed by atoms with Gasteiger partial charge < -0.3 is 33.7 Å². The number of anilines is 1. The zero-order chi connectivity index (χ0) is 34.8. The molecule has 10 nitrogen and oxygen atoms in total. The van der Waals surface area contributed by atoms with Crippen molar-refractivity contribution in [1.29, 1.82) is 0 Å². The predicted octanol–water partition coefficient (Wildman–Crippen LogP) is 5.30. The molecule has 0 saturated carbocycles. The first-order chi connectivity index (χ1) is 23.7. The molecule has 0 aliphatic carbocycles. The SMILES string of the molecule is COCCCN1CCOc2ccc(CO[C@H]3CN(S(=O)(=O)c4ccc(C)cc4)[C@H](CC(C)O)C[C@@H]3c3ccc(COCCOC)cc3)cc21. The van der Waals surface area contributed by atoms with Crippen molar-refractivity contribution in [2.45, 2.75) is 75.4 Å². The van der Waals surface area contributed by atoms with Gasteiger partial charge in [-0.25, -0.2) is 8.42 Å². The van der Waals surface area contributed by atoms with E-state index in [-0.39, 0.29) is 17.4 Å². The van der Waals surface area contributed by atoms with Crippen LogP contribution in [-0.2, 0) is 42.2 Å². The lowest BCUT2D eigenvalue weighted by molar-refractivity contribution is -0.0254. The maximum atomic E-state index is 14.2. The third-order valence-corrected chi connectivity index (χ3v) is 11.2. The summed E-state index contributed by atoms with van der Waals surface area (Å²) >= 11 is 0. The Morgan fingerprint density at radius 3 is 2.39 bits per heavy atom. The minimum Gasteiger partial charge on any atom is -0.490 e. The van der Waals surface area contributed by atoms with E-state index in [9.17, 15) is 13.5 Å². The molecule has 49 heavy (non-hydrogen) atoms. The van der Waals surface area contributed by atoms with Gasteiger partial charge in [0, 0.05) is 45.9 Å². The molecule has 2 heterocycles. The van der Waals surface area contributed by atoms with Crippen LogP contribution in [-0.4, -0.2) is 96.4 Å². The zero-order valence-electron chi connectivity index (χ0n) is 29.3. The van der Waals surface area contributed by atoms with Gasteiger partial charge in [-0.3, -0.25) is 0 Å². The van der Waals surface area contributed by atoms with Crippen LogP contribution in [0.5, 0.6) is 5.75 Å². The Morgan fingerprint density at radius 2 is 1.67 bits per heavy atom. The normalized spacial score (nSPS) is 20.5. The van der Waals surface area contributed by atoms with E-state index in [0.29, 0.717) is 52.5 Å². The molecule has 0 radical (unpaired) electrons. The Balaban J connectivity index is 1.42. The number of rotatable bonds is 17. The molecule has 1 fully saturated rings. The van der Waals surface area contributed by atoms with Crippen LogP contribution in [0, 0.1) is 6.92 Å². The fraction of sp³-hybridized carbons (Fsp3) is 0.526. The van der Waals surface area contributed by atoms with E-state index >= 15 is 0 Å². The first-order valence-corrected chi connectivity index (χ1v) is 18.7. The topological polar surface area (TPSA) is 107 Å². The molecule has 5 rings (SSSR count). The molecule has 1 saturated heterocycles. The lowest BCUT2D eigenvalue weighted by atomic mass is 9.82. The molecule has 1 unspecified atom stereocenters. The van der Waals surface area contributed by atoms with Crippen molar-refractivity contribution >= 4 is 15.7 Å². The smallest absolute Gasteiger partial charge is 0.243 e. The van der Waals surface area contributed by atoms with Gasteiger partial charge >= 0.3 is 0 Å². The molecule has 11 heteroatoms. The minimum absolute atomic E-state index is 0.0943. The van der Waals surface area contributed by atoms with Crippen LogP contribution in [0.15, 0.2) is 71.6 Å². The highest BCUT2D eigenvalue weighted by Crippen LogP contribution is 2.39. The van der Waals surface area contributed by atoms with Gasteiger partial charge in [0.15, 0.2) is 0 Å². The van der Waals surface area contributed by atoms with E-state index in [4.69, 9.17) is 23.7 Å². The minimum atomic E-state index is -3.87. The van der Waals surface area contributed by atoms with Gasteiger partial charge in [0.25, 0.3) is 0 Å². The summed E-state index contributed by atoms with van der Waals surface area (Å²) in [6, 6.07) is 21.0. The molecule has 3 aromatic carbocycles. The number of benzene rings is 3. The van der Waals surface area contributed by atoms with Crippen molar-refractivity contribution in [3.8, 4) is 5.75 Å². The van der Waals surface area contributed by atoms with Crippen LogP contribution < -0.4 is 9.64 Å². The van der Waals surface area contributed by atoms with E-state index in [1.54, 1.807) is 37.6 Å². The van der Waals surface area contributed by atoms with Gasteiger partial charge in [-0.05, 0) is 74.1 Å². The summed E-state index contributed by atoms with van der Waals surface area (Å²) in [6.45, 7) is 8.65. The number of aryl methyl sites for hydroxylation is 1. The second kappa shape index (κ2) is 17.8. The average Bonchev–Trinajstić information content (AvgIpc) is 3.10. The quantitative estimate of drug-likeness (QED) is 0.188. The highest BCUT2D eigenvalue weighted by molar-refractivity contribution is 7.89. The number of sulfonamides is 1. The number of ether oxygens (including phenoxy) is 5. The van der Waals surface area contributed by atoms with E-state index in [1.807, 2.05) is 31.2 Å². The monoisotopic (exact) mass is 696 g/mol. The van der Waals surface area contributed by atoms with Gasteiger partial charge in [0.05, 0.1) is 55.8 Å². The first-order valence-electron chi connectivity index (χ1n) is 17.2. The fourth-order valence-corrected chi connectivity index (χ4v) is 8.38. The molecule has 268 valence electrons. The summed E-state index contributed by atoms with van der Waals surface area (Å²) in [5.74, 6) is 0.758. The second-order valence-electron chi connectivity index (χ2n) is 13.1. The average molecular weight is 697 g/mol. The van der Waals surface area contributed by atoms with Crippen molar-refractivity contribution in [3.05, 3.63) is 89.0 Å². The number of fused-ring (bicyclic) bond motifs is 1. The summed E-state index contributed by atoms with van der Waals surface area (Å²) in [5, 5.41) is 10.5. The van der Waals surface area contributed by atoms with E-state index in [2.05, 4.69) is 35.2 Å². The van der Waals surface area contributed by atoms with E-state index in [1.165, 1.54) is 0 Å². The molecule has 2 aliphatic rings. The van der Waals surface area contributed by atoms with Crippen molar-refractivity contribution in [3.63, 3.8) is 0 Å². The number of nitrogens with zero attached hydrogens (tertiary/aromatic N) is 2. The van der Waals surface area contributed by atoms with Crippen LogP contribution in [0.1, 0.15) is 54.4 Å². The molecule has 4 atom stereocenters. The molecule has 1 N–H and O–H groups in total. The Bertz CT molecular complexity index is 1570. The van der Waals surface area contributed by atoms with Gasteiger partial charge in [-0.2, -0.15) is 4.31 Å². The third kappa shape index (κ3) is 9.82. The predicted molar refractivity (Wildman–Crippen MR) is 190 cm³/mol. The number of hydrogen-bond acceptors (Lipinski definition) is 9. The van der Waals surface area contributed by atoms with Crippen LogP contribution >= 0.6 is 0 Å². The molecule has 0 spiro atoms. The van der Waals surface area contributed by atoms with Crippen molar-refractivity contribution < 1.29 is 37.2 Å². The van der Waals surface area contributed by atoms with E-state index in [0.717, 1.165) is 53.2 Å². The summed E-state index contributed by atoms with van der Waals surface area (Å²) in [7, 11) is -0.498. The molecular formula is C38H52N2O8S. The fourth-order valence-electron chi connectivity index (χ4n) is 6.72. The summed E-state index contributed by atoms with van der Waals surface area (Å²) in [4.78, 5) is 2.56. The lowest BCUT2D eigenvalue weighted by Crippen LogP contribution is -2.53. The van der Waals surface area contributed by atoms with Crippen molar-refractivity contribution in [1.82, 2.24) is 4.31 Å². The van der Waals surface area contributed by atoms with Crippen LogP contribution in [0.2, 0.25) is 0 Å². The molecule has 0 amide bonds. The zero-order valence-corrected chi connectivity index (χ0v) is 30.1. The number of piperidine rings is 1. The molecule has 0 bridgehead atoms. The number of hydrogen-bond donors (Lipinski definition) is 1. The maximum Gasteiger partial charge on any atom is 0.243 e. The van der Waals surface area contributed by atoms with E-state index < -0.39 is 28.3 Å². The molecule has 0 aromatic heterocycles. The van der Waals surface area contributed by atoms with Gasteiger partial charge in [0.2, 0.25) is 10.0 Å². The highest BCUT2D eigenvalue weighted by atomic mass is 32.2.